The molecular weight excluding hydrogens is 184 g/mol. The first-order chi connectivity index (χ1) is 6.31. The molecule has 0 radical (unpaired) electrons. The average molecular weight is 196 g/mol. The van der Waals surface area contributed by atoms with Gasteiger partial charge in [-0.15, -0.1) is 0 Å². The first kappa shape index (κ1) is 8.69. The van der Waals surface area contributed by atoms with Gasteiger partial charge in [-0.3, -0.25) is 4.79 Å². The lowest BCUT2D eigenvalue weighted by atomic mass is 10.2. The smallest absolute Gasteiger partial charge is 0.186 e. The van der Waals surface area contributed by atoms with Gasteiger partial charge in [-0.05, 0) is 19.8 Å². The van der Waals surface area contributed by atoms with Gasteiger partial charge in [0.25, 0.3) is 0 Å². The Balaban J connectivity index is 2.19. The van der Waals surface area contributed by atoms with Gasteiger partial charge in [-0.25, -0.2) is 4.98 Å². The summed E-state index contributed by atoms with van der Waals surface area (Å²) >= 11 is 1.48. The van der Waals surface area contributed by atoms with E-state index in [4.69, 9.17) is 0 Å². The highest BCUT2D eigenvalue weighted by Gasteiger charge is 2.22. The van der Waals surface area contributed by atoms with Crippen molar-refractivity contribution in [2.45, 2.75) is 25.8 Å². The van der Waals surface area contributed by atoms with Crippen molar-refractivity contribution in [3.63, 3.8) is 0 Å². The highest BCUT2D eigenvalue weighted by molar-refractivity contribution is 7.17. The van der Waals surface area contributed by atoms with Crippen LogP contribution in [0.5, 0.6) is 0 Å². The second-order valence-corrected chi connectivity index (χ2v) is 4.39. The lowest BCUT2D eigenvalue weighted by Crippen LogP contribution is -2.25. The topological polar surface area (TPSA) is 33.2 Å². The van der Waals surface area contributed by atoms with Gasteiger partial charge >= 0.3 is 0 Å². The van der Waals surface area contributed by atoms with Gasteiger partial charge in [0.05, 0.1) is 11.1 Å². The summed E-state index contributed by atoms with van der Waals surface area (Å²) in [6.45, 7) is 3.28. The van der Waals surface area contributed by atoms with Crippen molar-refractivity contribution >= 4 is 22.8 Å². The van der Waals surface area contributed by atoms with E-state index in [1.807, 2.05) is 0 Å². The quantitative estimate of drug-likeness (QED) is 0.678. The minimum Gasteiger partial charge on any atom is -0.345 e. The molecule has 4 heteroatoms. The van der Waals surface area contributed by atoms with Gasteiger partial charge in [0.2, 0.25) is 0 Å². The third-order valence-electron chi connectivity index (χ3n) is 2.43. The number of nitrogens with zero attached hydrogens (tertiary/aromatic N) is 2. The zero-order chi connectivity index (χ0) is 9.26. The van der Waals surface area contributed by atoms with E-state index < -0.39 is 0 Å². The van der Waals surface area contributed by atoms with E-state index in [-0.39, 0.29) is 0 Å². The Morgan fingerprint density at radius 2 is 2.62 bits per heavy atom. The Bertz CT molecular complexity index is 310. The van der Waals surface area contributed by atoms with Gasteiger partial charge < -0.3 is 4.90 Å². The predicted octanol–water partition coefficient (Wildman–Crippen LogP) is 1.94. The molecule has 0 N–H and O–H groups in total. The molecule has 1 aliphatic rings. The summed E-state index contributed by atoms with van der Waals surface area (Å²) in [5.74, 6) is 0. The van der Waals surface area contributed by atoms with E-state index in [2.05, 4.69) is 16.8 Å². The zero-order valence-corrected chi connectivity index (χ0v) is 8.38. The van der Waals surface area contributed by atoms with Crippen LogP contribution in [-0.2, 0) is 0 Å². The number of anilines is 1. The van der Waals surface area contributed by atoms with E-state index in [9.17, 15) is 4.79 Å². The average Bonchev–Trinajstić information content (AvgIpc) is 2.71. The lowest BCUT2D eigenvalue weighted by Gasteiger charge is -2.19. The Labute approximate surface area is 81.4 Å². The molecule has 0 aliphatic carbocycles. The van der Waals surface area contributed by atoms with Crippen LogP contribution in [0.1, 0.15) is 29.4 Å². The largest absolute Gasteiger partial charge is 0.345 e. The Hall–Kier alpha value is -0.900. The number of hydrogen-bond acceptors (Lipinski definition) is 4. The molecule has 70 valence electrons. The number of aromatic nitrogens is 1. The first-order valence-electron chi connectivity index (χ1n) is 4.49. The van der Waals surface area contributed by atoms with Crippen LogP contribution in [0, 0.1) is 0 Å². The van der Waals surface area contributed by atoms with E-state index in [1.54, 1.807) is 6.20 Å². The molecule has 1 aromatic heterocycles. The van der Waals surface area contributed by atoms with Gasteiger partial charge in [0, 0.05) is 12.6 Å². The van der Waals surface area contributed by atoms with Gasteiger partial charge in [0.15, 0.2) is 11.4 Å². The third-order valence-corrected chi connectivity index (χ3v) is 3.39. The van der Waals surface area contributed by atoms with Crippen molar-refractivity contribution in [1.29, 1.82) is 0 Å². The normalized spacial score (nSPS) is 22.2. The molecular formula is C9H12N2OS. The number of hydrogen-bond donors (Lipinski definition) is 0. The Morgan fingerprint density at radius 3 is 3.15 bits per heavy atom. The monoisotopic (exact) mass is 196 g/mol. The fourth-order valence-electron chi connectivity index (χ4n) is 1.68. The van der Waals surface area contributed by atoms with Gasteiger partial charge in [-0.1, -0.05) is 11.3 Å². The predicted molar refractivity (Wildman–Crippen MR) is 53.5 cm³/mol. The van der Waals surface area contributed by atoms with Crippen molar-refractivity contribution < 1.29 is 4.79 Å². The van der Waals surface area contributed by atoms with Crippen molar-refractivity contribution in [3.05, 3.63) is 11.1 Å². The van der Waals surface area contributed by atoms with Crippen LogP contribution in [0.2, 0.25) is 0 Å². The molecule has 2 heterocycles. The standard InChI is InChI=1S/C9H12N2OS/c1-7-3-2-4-11(7)9-10-5-8(6-12)13-9/h5-7H,2-4H2,1H3. The number of aldehydes is 1. The number of rotatable bonds is 2. The molecule has 3 nitrogen and oxygen atoms in total. The highest BCUT2D eigenvalue weighted by atomic mass is 32.1. The van der Waals surface area contributed by atoms with Crippen LogP contribution < -0.4 is 4.90 Å². The molecule has 0 aromatic carbocycles. The summed E-state index contributed by atoms with van der Waals surface area (Å²) in [5.41, 5.74) is 0. The van der Waals surface area contributed by atoms with Crippen molar-refractivity contribution in [2.24, 2.45) is 0 Å². The van der Waals surface area contributed by atoms with Crippen molar-refractivity contribution in [2.75, 3.05) is 11.4 Å². The Kier molecular flexibility index (Phi) is 2.31. The molecule has 0 bridgehead atoms. The molecule has 1 saturated heterocycles. The van der Waals surface area contributed by atoms with E-state index in [0.717, 1.165) is 18.0 Å². The Morgan fingerprint density at radius 1 is 1.77 bits per heavy atom. The molecule has 2 rings (SSSR count). The van der Waals surface area contributed by atoms with E-state index >= 15 is 0 Å². The summed E-state index contributed by atoms with van der Waals surface area (Å²) in [6, 6.07) is 0.575. The number of carbonyl (C=O) groups is 1. The molecule has 1 fully saturated rings. The zero-order valence-electron chi connectivity index (χ0n) is 7.56. The molecule has 13 heavy (non-hydrogen) atoms. The maximum atomic E-state index is 10.5. The fraction of sp³-hybridized carbons (Fsp3) is 0.556. The van der Waals surface area contributed by atoms with E-state index in [0.29, 0.717) is 10.9 Å². The molecule has 1 aliphatic heterocycles. The summed E-state index contributed by atoms with van der Waals surface area (Å²) in [7, 11) is 0. The molecule has 0 amide bonds. The van der Waals surface area contributed by atoms with Crippen molar-refractivity contribution in [1.82, 2.24) is 4.98 Å². The minimum absolute atomic E-state index is 0.575. The lowest BCUT2D eigenvalue weighted by molar-refractivity contribution is 0.112. The molecule has 1 unspecified atom stereocenters. The maximum absolute atomic E-state index is 10.5. The maximum Gasteiger partial charge on any atom is 0.186 e. The molecule has 0 saturated carbocycles. The summed E-state index contributed by atoms with van der Waals surface area (Å²) < 4.78 is 0. The fourth-order valence-corrected chi connectivity index (χ4v) is 2.54. The minimum atomic E-state index is 0.575. The second kappa shape index (κ2) is 3.46. The molecule has 1 atom stereocenters. The van der Waals surface area contributed by atoms with Crippen LogP contribution in [-0.4, -0.2) is 23.9 Å². The van der Waals surface area contributed by atoms with Crippen molar-refractivity contribution in [3.8, 4) is 0 Å². The summed E-state index contributed by atoms with van der Waals surface area (Å²) in [6.07, 6.45) is 4.98. The van der Waals surface area contributed by atoms with Crippen LogP contribution in [0.25, 0.3) is 0 Å². The first-order valence-corrected chi connectivity index (χ1v) is 5.30. The van der Waals surface area contributed by atoms with Gasteiger partial charge in [0.1, 0.15) is 0 Å². The molecule has 1 aromatic rings. The summed E-state index contributed by atoms with van der Waals surface area (Å²) in [4.78, 5) is 17.7. The van der Waals surface area contributed by atoms with Crippen LogP contribution in [0.4, 0.5) is 5.13 Å². The SMILES string of the molecule is CC1CCCN1c1ncc(C=O)s1. The highest BCUT2D eigenvalue weighted by Crippen LogP contribution is 2.28. The van der Waals surface area contributed by atoms with Crippen LogP contribution in [0.3, 0.4) is 0 Å². The van der Waals surface area contributed by atoms with Crippen LogP contribution in [0.15, 0.2) is 6.20 Å². The third kappa shape index (κ3) is 1.58. The summed E-state index contributed by atoms with van der Waals surface area (Å²) in [5, 5.41) is 0.993. The number of carbonyl (C=O) groups excluding carboxylic acids is 1. The second-order valence-electron chi connectivity index (χ2n) is 3.35. The van der Waals surface area contributed by atoms with Crippen LogP contribution >= 0.6 is 11.3 Å². The van der Waals surface area contributed by atoms with E-state index in [1.165, 1.54) is 24.2 Å². The number of thiazole rings is 1. The molecule has 0 spiro atoms. The van der Waals surface area contributed by atoms with Gasteiger partial charge in [-0.2, -0.15) is 0 Å².